The van der Waals surface area contributed by atoms with Crippen LogP contribution in [0.3, 0.4) is 0 Å². The molecule has 0 radical (unpaired) electrons. The van der Waals surface area contributed by atoms with E-state index in [4.69, 9.17) is 0 Å². The summed E-state index contributed by atoms with van der Waals surface area (Å²) in [5.41, 5.74) is 2.32. The summed E-state index contributed by atoms with van der Waals surface area (Å²) in [5, 5.41) is 4.04. The van der Waals surface area contributed by atoms with E-state index in [1.165, 1.54) is 35.2 Å². The Morgan fingerprint density at radius 1 is 1.35 bits per heavy atom. The van der Waals surface area contributed by atoms with Crippen molar-refractivity contribution in [2.45, 2.75) is 43.4 Å². The molecule has 0 aliphatic heterocycles. The van der Waals surface area contributed by atoms with Gasteiger partial charge < -0.3 is 10.3 Å². The molecule has 0 aliphatic rings. The van der Waals surface area contributed by atoms with Crippen molar-refractivity contribution in [2.24, 2.45) is 0 Å². The van der Waals surface area contributed by atoms with E-state index in [0.717, 1.165) is 11.4 Å². The van der Waals surface area contributed by atoms with Crippen LogP contribution in [-0.4, -0.2) is 16.0 Å². The van der Waals surface area contributed by atoms with E-state index in [0.29, 0.717) is 11.2 Å². The first kappa shape index (κ1) is 14.8. The number of nitrogens with zero attached hydrogens (tertiary/aromatic N) is 1. The summed E-state index contributed by atoms with van der Waals surface area (Å²) in [7, 11) is 0. The van der Waals surface area contributed by atoms with Gasteiger partial charge in [-0.15, -0.1) is 0 Å². The van der Waals surface area contributed by atoms with E-state index in [1.807, 2.05) is 0 Å². The van der Waals surface area contributed by atoms with Gasteiger partial charge >= 0.3 is 0 Å². The fraction of sp³-hybridized carbons (Fsp3) is 0.333. The van der Waals surface area contributed by atoms with Crippen LogP contribution in [0.2, 0.25) is 0 Å². The van der Waals surface area contributed by atoms with Gasteiger partial charge in [0.15, 0.2) is 5.16 Å². The third-order valence-electron chi connectivity index (χ3n) is 2.77. The molecule has 5 heteroatoms. The Hall–Kier alpha value is -1.59. The number of rotatable bonds is 5. The zero-order valence-electron chi connectivity index (χ0n) is 11.9. The SMILES string of the molecule is Cc1ccc(Sc2nccc(=O)[nH]2)c(CNC(C)C)c1. The van der Waals surface area contributed by atoms with Crippen molar-refractivity contribution < 1.29 is 0 Å². The van der Waals surface area contributed by atoms with Crippen LogP contribution in [0.15, 0.2) is 45.3 Å². The molecule has 0 spiro atoms. The van der Waals surface area contributed by atoms with Gasteiger partial charge in [-0.2, -0.15) is 0 Å². The van der Waals surface area contributed by atoms with Gasteiger partial charge in [-0.05, 0) is 18.6 Å². The Morgan fingerprint density at radius 2 is 2.15 bits per heavy atom. The summed E-state index contributed by atoms with van der Waals surface area (Å²) in [6.45, 7) is 7.13. The number of aryl methyl sites for hydroxylation is 1. The van der Waals surface area contributed by atoms with Crippen LogP contribution in [-0.2, 0) is 6.54 Å². The van der Waals surface area contributed by atoms with Crippen LogP contribution in [0, 0.1) is 6.92 Å². The fourth-order valence-electron chi connectivity index (χ4n) is 1.77. The molecule has 0 amide bonds. The molecule has 4 nitrogen and oxygen atoms in total. The van der Waals surface area contributed by atoms with Gasteiger partial charge in [0.25, 0.3) is 5.56 Å². The number of aromatic amines is 1. The predicted molar refractivity (Wildman–Crippen MR) is 82.1 cm³/mol. The Morgan fingerprint density at radius 3 is 2.85 bits per heavy atom. The highest BCUT2D eigenvalue weighted by atomic mass is 32.2. The Labute approximate surface area is 123 Å². The van der Waals surface area contributed by atoms with Crippen molar-refractivity contribution >= 4 is 11.8 Å². The van der Waals surface area contributed by atoms with E-state index >= 15 is 0 Å². The van der Waals surface area contributed by atoms with Crippen molar-refractivity contribution in [3.63, 3.8) is 0 Å². The van der Waals surface area contributed by atoms with E-state index in [1.54, 1.807) is 0 Å². The molecule has 0 atom stereocenters. The third kappa shape index (κ3) is 4.21. The van der Waals surface area contributed by atoms with E-state index in [-0.39, 0.29) is 5.56 Å². The first-order chi connectivity index (χ1) is 9.54. The van der Waals surface area contributed by atoms with Crippen molar-refractivity contribution in [3.8, 4) is 0 Å². The van der Waals surface area contributed by atoms with Gasteiger partial charge in [-0.25, -0.2) is 4.98 Å². The Balaban J connectivity index is 2.24. The highest BCUT2D eigenvalue weighted by Gasteiger charge is 2.07. The standard InChI is InChI=1S/C15H19N3OS/c1-10(2)17-9-12-8-11(3)4-5-13(12)20-15-16-7-6-14(19)18-15/h4-8,10,17H,9H2,1-3H3,(H,16,18,19). The highest BCUT2D eigenvalue weighted by Crippen LogP contribution is 2.28. The van der Waals surface area contributed by atoms with Crippen LogP contribution in [0.4, 0.5) is 0 Å². The number of hydrogen-bond acceptors (Lipinski definition) is 4. The molecular formula is C15H19N3OS. The minimum atomic E-state index is -0.128. The number of nitrogens with one attached hydrogen (secondary N) is 2. The molecule has 1 aromatic heterocycles. The Bertz CT molecular complexity index is 637. The maximum Gasteiger partial charge on any atom is 0.251 e. The monoisotopic (exact) mass is 289 g/mol. The first-order valence-corrected chi connectivity index (χ1v) is 7.42. The second-order valence-corrected chi connectivity index (χ2v) is 6.02. The zero-order chi connectivity index (χ0) is 14.5. The smallest absolute Gasteiger partial charge is 0.251 e. The predicted octanol–water partition coefficient (Wildman–Crippen LogP) is 2.73. The van der Waals surface area contributed by atoms with Crippen LogP contribution < -0.4 is 10.9 Å². The van der Waals surface area contributed by atoms with E-state index in [9.17, 15) is 4.79 Å². The quantitative estimate of drug-likeness (QED) is 0.831. The molecular weight excluding hydrogens is 270 g/mol. The van der Waals surface area contributed by atoms with Gasteiger partial charge in [-0.1, -0.05) is 43.3 Å². The van der Waals surface area contributed by atoms with Gasteiger partial charge in [0.05, 0.1) is 0 Å². The fourth-order valence-corrected chi connectivity index (χ4v) is 2.64. The zero-order valence-corrected chi connectivity index (χ0v) is 12.8. The van der Waals surface area contributed by atoms with Crippen LogP contribution in [0.25, 0.3) is 0 Å². The number of hydrogen-bond donors (Lipinski definition) is 2. The van der Waals surface area contributed by atoms with Crippen LogP contribution in [0.1, 0.15) is 25.0 Å². The first-order valence-electron chi connectivity index (χ1n) is 6.60. The summed E-state index contributed by atoms with van der Waals surface area (Å²) in [4.78, 5) is 19.3. The largest absolute Gasteiger partial charge is 0.310 e. The van der Waals surface area contributed by atoms with Gasteiger partial charge in [0, 0.05) is 29.7 Å². The molecule has 0 aliphatic carbocycles. The second-order valence-electron chi connectivity index (χ2n) is 4.99. The lowest BCUT2D eigenvalue weighted by Crippen LogP contribution is -2.22. The van der Waals surface area contributed by atoms with Crippen molar-refractivity contribution in [1.82, 2.24) is 15.3 Å². The number of benzene rings is 1. The molecule has 2 aromatic rings. The average molecular weight is 289 g/mol. The molecule has 106 valence electrons. The van der Waals surface area contributed by atoms with Crippen molar-refractivity contribution in [3.05, 3.63) is 51.9 Å². The minimum absolute atomic E-state index is 0.128. The summed E-state index contributed by atoms with van der Waals surface area (Å²) < 4.78 is 0. The van der Waals surface area contributed by atoms with Crippen LogP contribution >= 0.6 is 11.8 Å². The molecule has 2 N–H and O–H groups in total. The molecule has 1 heterocycles. The number of H-pyrrole nitrogens is 1. The van der Waals surface area contributed by atoms with Gasteiger partial charge in [-0.3, -0.25) is 4.79 Å². The van der Waals surface area contributed by atoms with E-state index < -0.39 is 0 Å². The Kier molecular flexibility index (Phi) is 4.98. The topological polar surface area (TPSA) is 57.8 Å². The lowest BCUT2D eigenvalue weighted by Gasteiger charge is -2.12. The average Bonchev–Trinajstić information content (AvgIpc) is 2.39. The second kappa shape index (κ2) is 6.72. The lowest BCUT2D eigenvalue weighted by molar-refractivity contribution is 0.584. The van der Waals surface area contributed by atoms with Crippen LogP contribution in [0.5, 0.6) is 0 Å². The van der Waals surface area contributed by atoms with Gasteiger partial charge in [0.1, 0.15) is 0 Å². The molecule has 0 saturated carbocycles. The molecule has 0 saturated heterocycles. The maximum absolute atomic E-state index is 11.3. The normalized spacial score (nSPS) is 11.0. The molecule has 0 bridgehead atoms. The molecule has 1 aromatic carbocycles. The third-order valence-corrected chi connectivity index (χ3v) is 3.79. The molecule has 0 fully saturated rings. The van der Waals surface area contributed by atoms with Crippen molar-refractivity contribution in [2.75, 3.05) is 0 Å². The number of aromatic nitrogens is 2. The molecule has 0 unspecified atom stereocenters. The van der Waals surface area contributed by atoms with E-state index in [2.05, 4.69) is 54.3 Å². The summed E-state index contributed by atoms with van der Waals surface area (Å²) >= 11 is 1.48. The summed E-state index contributed by atoms with van der Waals surface area (Å²) in [5.74, 6) is 0. The summed E-state index contributed by atoms with van der Waals surface area (Å²) in [6, 6.07) is 8.16. The maximum atomic E-state index is 11.3. The highest BCUT2D eigenvalue weighted by molar-refractivity contribution is 7.99. The molecule has 2 rings (SSSR count). The van der Waals surface area contributed by atoms with Crippen molar-refractivity contribution in [1.29, 1.82) is 0 Å². The summed E-state index contributed by atoms with van der Waals surface area (Å²) in [6.07, 6.45) is 1.53. The van der Waals surface area contributed by atoms with Gasteiger partial charge in [0.2, 0.25) is 0 Å². The minimum Gasteiger partial charge on any atom is -0.310 e. The molecule has 20 heavy (non-hydrogen) atoms. The lowest BCUT2D eigenvalue weighted by atomic mass is 10.1.